The van der Waals surface area contributed by atoms with Gasteiger partial charge in [0.2, 0.25) is 0 Å². The average Bonchev–Trinajstić information content (AvgIpc) is 2.38. The van der Waals surface area contributed by atoms with Crippen LogP contribution in [0.25, 0.3) is 22.2 Å². The Kier molecular flexibility index (Phi) is 2.22. The first-order valence-corrected chi connectivity index (χ1v) is 5.41. The molecule has 3 heteroatoms. The summed E-state index contributed by atoms with van der Waals surface area (Å²) in [7, 11) is 0. The van der Waals surface area contributed by atoms with Gasteiger partial charge in [0, 0.05) is 11.8 Å². The van der Waals surface area contributed by atoms with Crippen molar-refractivity contribution >= 4 is 16.6 Å². The van der Waals surface area contributed by atoms with E-state index in [1.54, 1.807) is 12.3 Å². The van der Waals surface area contributed by atoms with Crippen molar-refractivity contribution in [2.75, 3.05) is 5.73 Å². The van der Waals surface area contributed by atoms with Crippen LogP contribution in [-0.4, -0.2) is 9.97 Å². The van der Waals surface area contributed by atoms with Gasteiger partial charge in [0.05, 0.1) is 0 Å². The third kappa shape index (κ3) is 1.83. The Hall–Kier alpha value is -2.42. The summed E-state index contributed by atoms with van der Waals surface area (Å²) in [6, 6.07) is 16.0. The first-order chi connectivity index (χ1) is 8.33. The van der Waals surface area contributed by atoms with E-state index in [1.165, 1.54) is 10.8 Å². The molecule has 3 nitrogen and oxygen atoms in total. The van der Waals surface area contributed by atoms with Crippen molar-refractivity contribution in [1.82, 2.24) is 9.97 Å². The lowest BCUT2D eigenvalue weighted by Crippen LogP contribution is -1.94. The van der Waals surface area contributed by atoms with Crippen LogP contribution < -0.4 is 5.73 Å². The van der Waals surface area contributed by atoms with Crippen molar-refractivity contribution < 1.29 is 0 Å². The molecule has 0 spiro atoms. The van der Waals surface area contributed by atoms with E-state index >= 15 is 0 Å². The van der Waals surface area contributed by atoms with Crippen molar-refractivity contribution in [2.24, 2.45) is 0 Å². The zero-order chi connectivity index (χ0) is 11.7. The second kappa shape index (κ2) is 3.87. The summed E-state index contributed by atoms with van der Waals surface area (Å²) in [4.78, 5) is 8.44. The van der Waals surface area contributed by atoms with Crippen LogP contribution >= 0.6 is 0 Å². The minimum absolute atomic E-state index is 0.489. The summed E-state index contributed by atoms with van der Waals surface area (Å²) in [5.41, 5.74) is 6.64. The van der Waals surface area contributed by atoms with Crippen LogP contribution in [0, 0.1) is 0 Å². The van der Waals surface area contributed by atoms with E-state index in [4.69, 9.17) is 5.73 Å². The third-order valence-electron chi connectivity index (χ3n) is 2.68. The zero-order valence-electron chi connectivity index (χ0n) is 9.17. The second-order valence-electron chi connectivity index (χ2n) is 3.87. The summed E-state index contributed by atoms with van der Waals surface area (Å²) < 4.78 is 0. The third-order valence-corrected chi connectivity index (χ3v) is 2.68. The number of anilines is 1. The molecule has 0 aliphatic rings. The topological polar surface area (TPSA) is 51.8 Å². The monoisotopic (exact) mass is 221 g/mol. The molecule has 3 rings (SSSR count). The van der Waals surface area contributed by atoms with Crippen LogP contribution in [0.4, 0.5) is 5.82 Å². The van der Waals surface area contributed by atoms with Crippen LogP contribution in [0.3, 0.4) is 0 Å². The number of nitrogens with two attached hydrogens (primary N) is 1. The van der Waals surface area contributed by atoms with Crippen LogP contribution in [-0.2, 0) is 0 Å². The van der Waals surface area contributed by atoms with Gasteiger partial charge in [-0.15, -0.1) is 0 Å². The molecule has 0 unspecified atom stereocenters. The molecule has 0 aliphatic heterocycles. The lowest BCUT2D eigenvalue weighted by Gasteiger charge is -2.03. The van der Waals surface area contributed by atoms with Crippen molar-refractivity contribution in [2.45, 2.75) is 0 Å². The van der Waals surface area contributed by atoms with Gasteiger partial charge in [-0.3, -0.25) is 0 Å². The van der Waals surface area contributed by atoms with Gasteiger partial charge in [-0.25, -0.2) is 9.97 Å². The first kappa shape index (κ1) is 9.78. The Morgan fingerprint density at radius 2 is 1.71 bits per heavy atom. The summed E-state index contributed by atoms with van der Waals surface area (Å²) in [6.45, 7) is 0. The molecule has 0 fully saturated rings. The van der Waals surface area contributed by atoms with E-state index in [2.05, 4.69) is 34.2 Å². The standard InChI is InChI=1S/C14H11N3/c15-13-7-8-16-14(17-13)12-6-5-10-3-1-2-4-11(10)9-12/h1-9H,(H2,15,16,17). The highest BCUT2D eigenvalue weighted by Gasteiger charge is 2.02. The minimum Gasteiger partial charge on any atom is -0.384 e. The first-order valence-electron chi connectivity index (χ1n) is 5.41. The van der Waals surface area contributed by atoms with Crippen molar-refractivity contribution in [3.8, 4) is 11.4 Å². The summed E-state index contributed by atoms with van der Waals surface area (Å²) in [5, 5.41) is 2.39. The molecule has 3 aromatic rings. The van der Waals surface area contributed by atoms with Gasteiger partial charge in [-0.05, 0) is 22.9 Å². The number of hydrogen-bond donors (Lipinski definition) is 1. The van der Waals surface area contributed by atoms with E-state index in [0.29, 0.717) is 11.6 Å². The van der Waals surface area contributed by atoms with E-state index in [1.807, 2.05) is 18.2 Å². The normalized spacial score (nSPS) is 10.6. The Labute approximate surface area is 98.9 Å². The smallest absolute Gasteiger partial charge is 0.161 e. The lowest BCUT2D eigenvalue weighted by molar-refractivity contribution is 1.19. The molecule has 0 amide bonds. The van der Waals surface area contributed by atoms with E-state index in [9.17, 15) is 0 Å². The fourth-order valence-corrected chi connectivity index (χ4v) is 1.84. The van der Waals surface area contributed by atoms with Crippen molar-refractivity contribution in [3.05, 3.63) is 54.7 Å². The molecule has 0 saturated carbocycles. The predicted molar refractivity (Wildman–Crippen MR) is 69.4 cm³/mol. The molecule has 0 atom stereocenters. The van der Waals surface area contributed by atoms with Gasteiger partial charge < -0.3 is 5.73 Å². The summed E-state index contributed by atoms with van der Waals surface area (Å²) >= 11 is 0. The van der Waals surface area contributed by atoms with Crippen LogP contribution in [0.5, 0.6) is 0 Å². The lowest BCUT2D eigenvalue weighted by atomic mass is 10.1. The molecule has 0 aliphatic carbocycles. The predicted octanol–water partition coefficient (Wildman–Crippen LogP) is 2.88. The highest BCUT2D eigenvalue weighted by molar-refractivity contribution is 5.86. The molecule has 0 bridgehead atoms. The maximum Gasteiger partial charge on any atom is 0.161 e. The van der Waals surface area contributed by atoms with E-state index < -0.39 is 0 Å². The van der Waals surface area contributed by atoms with Crippen LogP contribution in [0.2, 0.25) is 0 Å². The summed E-state index contributed by atoms with van der Waals surface area (Å²) in [5.74, 6) is 1.15. The molecular weight excluding hydrogens is 210 g/mol. The van der Waals surface area contributed by atoms with E-state index in [-0.39, 0.29) is 0 Å². The average molecular weight is 221 g/mol. The number of rotatable bonds is 1. The van der Waals surface area contributed by atoms with Gasteiger partial charge in [0.15, 0.2) is 5.82 Å². The number of nitrogen functional groups attached to an aromatic ring is 1. The number of hydrogen-bond acceptors (Lipinski definition) is 3. The number of aromatic nitrogens is 2. The Morgan fingerprint density at radius 3 is 2.53 bits per heavy atom. The van der Waals surface area contributed by atoms with Crippen molar-refractivity contribution in [3.63, 3.8) is 0 Å². The molecule has 2 N–H and O–H groups in total. The largest absolute Gasteiger partial charge is 0.384 e. The molecule has 82 valence electrons. The molecule has 2 aromatic carbocycles. The van der Waals surface area contributed by atoms with Gasteiger partial charge >= 0.3 is 0 Å². The maximum atomic E-state index is 5.66. The van der Waals surface area contributed by atoms with Gasteiger partial charge in [0.25, 0.3) is 0 Å². The summed E-state index contributed by atoms with van der Waals surface area (Å²) in [6.07, 6.45) is 1.67. The minimum atomic E-state index is 0.489. The van der Waals surface area contributed by atoms with Crippen LogP contribution in [0.15, 0.2) is 54.7 Å². The Bertz CT molecular complexity index is 677. The number of benzene rings is 2. The zero-order valence-corrected chi connectivity index (χ0v) is 9.17. The fraction of sp³-hybridized carbons (Fsp3) is 0. The second-order valence-corrected chi connectivity index (χ2v) is 3.87. The van der Waals surface area contributed by atoms with Gasteiger partial charge in [-0.2, -0.15) is 0 Å². The highest BCUT2D eigenvalue weighted by Crippen LogP contribution is 2.21. The van der Waals surface area contributed by atoms with E-state index in [0.717, 1.165) is 5.56 Å². The molecular formula is C14H11N3. The van der Waals surface area contributed by atoms with Crippen molar-refractivity contribution in [1.29, 1.82) is 0 Å². The Balaban J connectivity index is 2.18. The highest BCUT2D eigenvalue weighted by atomic mass is 14.9. The van der Waals surface area contributed by atoms with Crippen LogP contribution in [0.1, 0.15) is 0 Å². The quantitative estimate of drug-likeness (QED) is 0.687. The molecule has 0 radical (unpaired) electrons. The number of fused-ring (bicyclic) bond motifs is 1. The molecule has 1 heterocycles. The molecule has 0 saturated heterocycles. The maximum absolute atomic E-state index is 5.66. The molecule has 17 heavy (non-hydrogen) atoms. The Morgan fingerprint density at radius 1 is 0.882 bits per heavy atom. The SMILES string of the molecule is Nc1ccnc(-c2ccc3ccccc3c2)n1. The fourth-order valence-electron chi connectivity index (χ4n) is 1.84. The van der Waals surface area contributed by atoms with Gasteiger partial charge in [0.1, 0.15) is 5.82 Å². The number of nitrogens with zero attached hydrogens (tertiary/aromatic N) is 2. The van der Waals surface area contributed by atoms with Gasteiger partial charge in [-0.1, -0.05) is 36.4 Å². The molecule has 1 aromatic heterocycles.